The van der Waals surface area contributed by atoms with Gasteiger partial charge in [-0.2, -0.15) is 0 Å². The van der Waals surface area contributed by atoms with Crippen molar-refractivity contribution in [3.63, 3.8) is 0 Å². The maximum Gasteiger partial charge on any atom is 0.141 e. The van der Waals surface area contributed by atoms with Crippen molar-refractivity contribution in [2.24, 2.45) is 0 Å². The molecule has 0 fully saturated rings. The topological polar surface area (TPSA) is 12.0 Å². The summed E-state index contributed by atoms with van der Waals surface area (Å²) in [4.78, 5) is 0. The van der Waals surface area contributed by atoms with Crippen LogP contribution in [0.25, 0.3) is 0 Å². The zero-order chi connectivity index (χ0) is 8.27. The van der Waals surface area contributed by atoms with Gasteiger partial charge in [0.1, 0.15) is 5.83 Å². The van der Waals surface area contributed by atoms with E-state index in [2.05, 4.69) is 18.8 Å². The Morgan fingerprint density at radius 1 is 1.82 bits per heavy atom. The summed E-state index contributed by atoms with van der Waals surface area (Å²) in [5, 5.41) is 3.04. The first kappa shape index (κ1) is 8.31. The summed E-state index contributed by atoms with van der Waals surface area (Å²) in [6.07, 6.45) is 4.45. The Kier molecular flexibility index (Phi) is 2.69. The minimum Gasteiger partial charge on any atom is -0.380 e. The number of hydrogen-bond acceptors (Lipinski definition) is 1. The summed E-state index contributed by atoms with van der Waals surface area (Å²) in [6.45, 7) is 5.69. The highest BCUT2D eigenvalue weighted by Gasteiger charge is 2.12. The highest BCUT2D eigenvalue weighted by molar-refractivity contribution is 5.22. The molecule has 0 amide bonds. The molecule has 0 unspecified atom stereocenters. The van der Waals surface area contributed by atoms with Gasteiger partial charge in [0, 0.05) is 6.04 Å². The Morgan fingerprint density at radius 3 is 3.18 bits per heavy atom. The largest absolute Gasteiger partial charge is 0.380 e. The summed E-state index contributed by atoms with van der Waals surface area (Å²) in [6, 6.07) is 0.395. The number of rotatable bonds is 1. The van der Waals surface area contributed by atoms with E-state index in [4.69, 9.17) is 0 Å². The second kappa shape index (κ2) is 3.56. The molecule has 11 heavy (non-hydrogen) atoms. The van der Waals surface area contributed by atoms with Crippen LogP contribution in [0.3, 0.4) is 0 Å². The molecular weight excluding hydrogens is 141 g/mol. The van der Waals surface area contributed by atoms with Crippen molar-refractivity contribution in [3.05, 3.63) is 24.2 Å². The van der Waals surface area contributed by atoms with E-state index in [0.29, 0.717) is 11.7 Å². The molecule has 2 heteroatoms. The fourth-order valence-corrected chi connectivity index (χ4v) is 1.23. The lowest BCUT2D eigenvalue weighted by Gasteiger charge is -2.14. The van der Waals surface area contributed by atoms with E-state index < -0.39 is 0 Å². The van der Waals surface area contributed by atoms with Gasteiger partial charge in [0.25, 0.3) is 0 Å². The van der Waals surface area contributed by atoms with Gasteiger partial charge < -0.3 is 5.32 Å². The van der Waals surface area contributed by atoms with Crippen LogP contribution in [0, 0.1) is 0 Å². The summed E-state index contributed by atoms with van der Waals surface area (Å²) in [5.41, 5.74) is 0.439. The fourth-order valence-electron chi connectivity index (χ4n) is 1.23. The molecule has 0 radical (unpaired) electrons. The SMILES string of the molecule is C=C1N[C@H](CC)CCC=C1F. The second-order valence-electron chi connectivity index (χ2n) is 2.86. The van der Waals surface area contributed by atoms with Crippen molar-refractivity contribution in [2.75, 3.05) is 0 Å². The van der Waals surface area contributed by atoms with Gasteiger partial charge in [0.2, 0.25) is 0 Å². The molecule has 0 aromatic rings. The molecule has 0 aromatic heterocycles. The zero-order valence-electron chi connectivity index (χ0n) is 6.86. The van der Waals surface area contributed by atoms with E-state index >= 15 is 0 Å². The van der Waals surface area contributed by atoms with E-state index in [1.165, 1.54) is 0 Å². The lowest BCUT2D eigenvalue weighted by atomic mass is 10.1. The predicted molar refractivity (Wildman–Crippen MR) is 44.8 cm³/mol. The summed E-state index contributed by atoms with van der Waals surface area (Å²) in [7, 11) is 0. The van der Waals surface area contributed by atoms with Crippen LogP contribution in [0.2, 0.25) is 0 Å². The second-order valence-corrected chi connectivity index (χ2v) is 2.86. The Balaban J connectivity index is 2.59. The van der Waals surface area contributed by atoms with Gasteiger partial charge in [0.05, 0.1) is 5.70 Å². The molecule has 1 aliphatic rings. The minimum atomic E-state index is -0.194. The van der Waals surface area contributed by atoms with Crippen LogP contribution < -0.4 is 5.32 Å². The van der Waals surface area contributed by atoms with E-state index in [-0.39, 0.29) is 5.83 Å². The Hall–Kier alpha value is -0.790. The van der Waals surface area contributed by atoms with Crippen LogP contribution in [0.1, 0.15) is 26.2 Å². The summed E-state index contributed by atoms with van der Waals surface area (Å²) in [5.74, 6) is -0.194. The number of hydrogen-bond donors (Lipinski definition) is 1. The van der Waals surface area contributed by atoms with Gasteiger partial charge in [-0.05, 0) is 25.3 Å². The molecule has 0 aromatic carbocycles. The van der Waals surface area contributed by atoms with Crippen LogP contribution in [0.4, 0.5) is 4.39 Å². The van der Waals surface area contributed by atoms with Crippen LogP contribution in [0.5, 0.6) is 0 Å². The maximum absolute atomic E-state index is 12.8. The van der Waals surface area contributed by atoms with E-state index in [1.807, 2.05) is 0 Å². The molecule has 0 bridgehead atoms. The third kappa shape index (κ3) is 2.07. The van der Waals surface area contributed by atoms with Crippen LogP contribution in [0.15, 0.2) is 24.2 Å². The lowest BCUT2D eigenvalue weighted by molar-refractivity contribution is 0.519. The first-order valence-corrected chi connectivity index (χ1v) is 4.05. The highest BCUT2D eigenvalue weighted by Crippen LogP contribution is 2.16. The molecule has 0 saturated carbocycles. The molecule has 1 rings (SSSR count). The standard InChI is InChI=1S/C9H14FN/c1-3-8-5-4-6-9(10)7(2)11-8/h6,8,11H,2-5H2,1H3/t8-/m1/s1. The molecule has 1 nitrogen and oxygen atoms in total. The van der Waals surface area contributed by atoms with E-state index in [0.717, 1.165) is 19.3 Å². The molecule has 0 saturated heterocycles. The molecule has 1 atom stereocenters. The molecule has 1 heterocycles. The third-order valence-electron chi connectivity index (χ3n) is 2.00. The first-order chi connectivity index (χ1) is 5.24. The van der Waals surface area contributed by atoms with Gasteiger partial charge >= 0.3 is 0 Å². The average Bonchev–Trinajstić information content (AvgIpc) is 2.15. The molecule has 1 aliphatic heterocycles. The van der Waals surface area contributed by atoms with Crippen molar-refractivity contribution in [2.45, 2.75) is 32.2 Å². The van der Waals surface area contributed by atoms with Crippen LogP contribution >= 0.6 is 0 Å². The molecular formula is C9H14FN. The van der Waals surface area contributed by atoms with Crippen LogP contribution in [-0.2, 0) is 0 Å². The minimum absolute atomic E-state index is 0.194. The van der Waals surface area contributed by atoms with Crippen molar-refractivity contribution in [1.29, 1.82) is 0 Å². The Labute approximate surface area is 67.0 Å². The Bertz CT molecular complexity index is 184. The third-order valence-corrected chi connectivity index (χ3v) is 2.00. The summed E-state index contributed by atoms with van der Waals surface area (Å²) >= 11 is 0. The average molecular weight is 155 g/mol. The van der Waals surface area contributed by atoms with Crippen molar-refractivity contribution < 1.29 is 4.39 Å². The number of halogens is 1. The van der Waals surface area contributed by atoms with Gasteiger partial charge in [-0.3, -0.25) is 0 Å². The highest BCUT2D eigenvalue weighted by atomic mass is 19.1. The molecule has 0 aliphatic carbocycles. The molecule has 1 N–H and O–H groups in total. The number of nitrogens with one attached hydrogen (secondary N) is 1. The predicted octanol–water partition coefficient (Wildman–Crippen LogP) is 2.52. The van der Waals surface area contributed by atoms with E-state index in [9.17, 15) is 4.39 Å². The quantitative estimate of drug-likeness (QED) is 0.613. The van der Waals surface area contributed by atoms with Gasteiger partial charge in [-0.25, -0.2) is 4.39 Å². The van der Waals surface area contributed by atoms with Crippen molar-refractivity contribution in [3.8, 4) is 0 Å². The summed E-state index contributed by atoms with van der Waals surface area (Å²) < 4.78 is 12.8. The van der Waals surface area contributed by atoms with Gasteiger partial charge in [-0.15, -0.1) is 0 Å². The maximum atomic E-state index is 12.8. The first-order valence-electron chi connectivity index (χ1n) is 4.05. The smallest absolute Gasteiger partial charge is 0.141 e. The monoisotopic (exact) mass is 155 g/mol. The van der Waals surface area contributed by atoms with Crippen molar-refractivity contribution >= 4 is 0 Å². The number of allylic oxidation sites excluding steroid dienone is 2. The van der Waals surface area contributed by atoms with Gasteiger partial charge in [-0.1, -0.05) is 13.5 Å². The van der Waals surface area contributed by atoms with E-state index in [1.54, 1.807) is 6.08 Å². The zero-order valence-corrected chi connectivity index (χ0v) is 6.86. The van der Waals surface area contributed by atoms with Crippen molar-refractivity contribution in [1.82, 2.24) is 5.32 Å². The molecule has 62 valence electrons. The molecule has 0 spiro atoms. The fraction of sp³-hybridized carbons (Fsp3) is 0.556. The normalized spacial score (nSPS) is 25.5. The lowest BCUT2D eigenvalue weighted by Crippen LogP contribution is -2.25. The Morgan fingerprint density at radius 2 is 2.55 bits per heavy atom. The van der Waals surface area contributed by atoms with Crippen LogP contribution in [-0.4, -0.2) is 6.04 Å². The van der Waals surface area contributed by atoms with Gasteiger partial charge in [0.15, 0.2) is 0 Å².